The van der Waals surface area contributed by atoms with Crippen LogP contribution in [0, 0.1) is 0 Å². The molecule has 0 aromatic carbocycles. The van der Waals surface area contributed by atoms with Crippen LogP contribution in [-0.4, -0.2) is 11.6 Å². The Bertz CT molecular complexity index is 178. The average molecular weight is 140 g/mol. The fourth-order valence-electron chi connectivity index (χ4n) is 0.445. The molecular weight excluding hydrogens is 128 g/mol. The molecule has 0 saturated carbocycles. The van der Waals surface area contributed by atoms with Crippen molar-refractivity contribution in [2.45, 2.75) is 27.2 Å². The molecule has 0 radical (unpaired) electrons. The highest BCUT2D eigenvalue weighted by atomic mass is 16.1. The predicted octanol–water partition coefficient (Wildman–Crippen LogP) is 1.50. The van der Waals surface area contributed by atoms with Crippen LogP contribution in [-0.2, 0) is 9.59 Å². The second-order valence-electron chi connectivity index (χ2n) is 2.20. The molecule has 0 fully saturated rings. The molecule has 0 rings (SSSR count). The average Bonchev–Trinajstić information content (AvgIpc) is 1.87. The molecule has 0 aliphatic carbocycles. The van der Waals surface area contributed by atoms with Crippen molar-refractivity contribution in [1.29, 1.82) is 0 Å². The normalized spacial score (nSPS) is 11.3. The van der Waals surface area contributed by atoms with Gasteiger partial charge in [0.1, 0.15) is 0 Å². The van der Waals surface area contributed by atoms with Crippen LogP contribution in [0.25, 0.3) is 0 Å². The first kappa shape index (κ1) is 9.08. The Balaban J connectivity index is 4.16. The molecular formula is C8H12O2. The van der Waals surface area contributed by atoms with E-state index in [-0.39, 0.29) is 11.6 Å². The Morgan fingerprint density at radius 3 is 2.10 bits per heavy atom. The van der Waals surface area contributed by atoms with Gasteiger partial charge in [-0.25, -0.2) is 0 Å². The highest BCUT2D eigenvalue weighted by Crippen LogP contribution is 1.95. The smallest absolute Gasteiger partial charge is 0.155 e. The molecule has 0 atom stereocenters. The lowest BCUT2D eigenvalue weighted by Gasteiger charge is -1.90. The molecule has 0 aliphatic heterocycles. The number of Topliss-reactive ketones (excluding diaryl/α,β-unsaturated/α-hetero) is 1. The molecule has 0 unspecified atom stereocenters. The van der Waals surface area contributed by atoms with Crippen molar-refractivity contribution in [3.63, 3.8) is 0 Å². The van der Waals surface area contributed by atoms with E-state index >= 15 is 0 Å². The molecule has 0 heterocycles. The van der Waals surface area contributed by atoms with Crippen molar-refractivity contribution < 1.29 is 9.59 Å². The van der Waals surface area contributed by atoms with Crippen LogP contribution in [0.15, 0.2) is 11.6 Å². The molecule has 0 N–H and O–H groups in total. The van der Waals surface area contributed by atoms with Crippen LogP contribution >= 0.6 is 0 Å². The van der Waals surface area contributed by atoms with Gasteiger partial charge in [0, 0.05) is 6.42 Å². The molecule has 2 heteroatoms. The number of hydrogen-bond acceptors (Lipinski definition) is 2. The maximum Gasteiger partial charge on any atom is 0.155 e. The Morgan fingerprint density at radius 2 is 1.80 bits per heavy atom. The first-order chi connectivity index (χ1) is 4.57. The maximum absolute atomic E-state index is 10.7. The van der Waals surface area contributed by atoms with Gasteiger partial charge in [-0.1, -0.05) is 6.92 Å². The van der Waals surface area contributed by atoms with E-state index in [0.717, 1.165) is 0 Å². The van der Waals surface area contributed by atoms with Gasteiger partial charge in [-0.2, -0.15) is 0 Å². The zero-order chi connectivity index (χ0) is 8.15. The number of carbonyl (C=O) groups is 2. The summed E-state index contributed by atoms with van der Waals surface area (Å²) in [5.41, 5.74) is 0.534. The predicted molar refractivity (Wildman–Crippen MR) is 39.7 cm³/mol. The van der Waals surface area contributed by atoms with Gasteiger partial charge in [0.05, 0.1) is 0 Å². The lowest BCUT2D eigenvalue weighted by molar-refractivity contribution is -0.116. The highest BCUT2D eigenvalue weighted by Gasteiger charge is 1.98. The van der Waals surface area contributed by atoms with Gasteiger partial charge in [0.25, 0.3) is 0 Å². The van der Waals surface area contributed by atoms with Crippen LogP contribution in [0.1, 0.15) is 27.2 Å². The number of rotatable bonds is 3. The minimum absolute atomic E-state index is 0.00713. The summed E-state index contributed by atoms with van der Waals surface area (Å²) in [6.07, 6.45) is 1.85. The number of ketones is 2. The summed E-state index contributed by atoms with van der Waals surface area (Å²) in [5, 5.41) is 0. The standard InChI is InChI=1S/C8H12O2/c1-4-8(10)5-6(2)7(3)9/h5H,4H2,1-3H3. The van der Waals surface area contributed by atoms with E-state index in [1.165, 1.54) is 13.0 Å². The number of allylic oxidation sites excluding steroid dienone is 2. The fourth-order valence-corrected chi connectivity index (χ4v) is 0.445. The summed E-state index contributed by atoms with van der Waals surface area (Å²) in [4.78, 5) is 21.3. The molecule has 0 aliphatic rings. The van der Waals surface area contributed by atoms with E-state index in [1.807, 2.05) is 0 Å². The lowest BCUT2D eigenvalue weighted by atomic mass is 10.1. The van der Waals surface area contributed by atoms with E-state index < -0.39 is 0 Å². The van der Waals surface area contributed by atoms with Crippen LogP contribution < -0.4 is 0 Å². The van der Waals surface area contributed by atoms with Crippen molar-refractivity contribution in [2.75, 3.05) is 0 Å². The number of hydrogen-bond donors (Lipinski definition) is 0. The summed E-state index contributed by atoms with van der Waals surface area (Å²) < 4.78 is 0. The van der Waals surface area contributed by atoms with Gasteiger partial charge in [0.15, 0.2) is 11.6 Å². The van der Waals surface area contributed by atoms with Gasteiger partial charge in [-0.15, -0.1) is 0 Å². The Kier molecular flexibility index (Phi) is 3.62. The van der Waals surface area contributed by atoms with E-state index in [1.54, 1.807) is 13.8 Å². The highest BCUT2D eigenvalue weighted by molar-refractivity contribution is 6.01. The van der Waals surface area contributed by atoms with E-state index in [9.17, 15) is 9.59 Å². The first-order valence-electron chi connectivity index (χ1n) is 3.30. The third-order valence-corrected chi connectivity index (χ3v) is 1.28. The summed E-state index contributed by atoms with van der Waals surface area (Å²) in [5.74, 6) is -0.0329. The second-order valence-corrected chi connectivity index (χ2v) is 2.20. The molecule has 2 nitrogen and oxygen atoms in total. The van der Waals surface area contributed by atoms with Crippen molar-refractivity contribution in [3.05, 3.63) is 11.6 Å². The van der Waals surface area contributed by atoms with Crippen LogP contribution in [0.4, 0.5) is 0 Å². The topological polar surface area (TPSA) is 34.1 Å². The minimum atomic E-state index is -0.0400. The molecule has 0 amide bonds. The summed E-state index contributed by atoms with van der Waals surface area (Å²) in [6, 6.07) is 0. The summed E-state index contributed by atoms with van der Waals surface area (Å²) in [6.45, 7) is 4.87. The zero-order valence-electron chi connectivity index (χ0n) is 6.60. The van der Waals surface area contributed by atoms with Gasteiger partial charge < -0.3 is 0 Å². The van der Waals surface area contributed by atoms with E-state index in [2.05, 4.69) is 0 Å². The molecule has 0 saturated heterocycles. The minimum Gasteiger partial charge on any atom is -0.295 e. The Labute approximate surface area is 60.9 Å². The Morgan fingerprint density at radius 1 is 1.30 bits per heavy atom. The first-order valence-corrected chi connectivity index (χ1v) is 3.30. The summed E-state index contributed by atoms with van der Waals surface area (Å²) >= 11 is 0. The molecule has 0 bridgehead atoms. The van der Waals surface area contributed by atoms with Gasteiger partial charge >= 0.3 is 0 Å². The van der Waals surface area contributed by atoms with Gasteiger partial charge in [0.2, 0.25) is 0 Å². The molecule has 0 aromatic heterocycles. The lowest BCUT2D eigenvalue weighted by Crippen LogP contribution is -1.96. The third kappa shape index (κ3) is 3.17. The quantitative estimate of drug-likeness (QED) is 0.557. The van der Waals surface area contributed by atoms with Crippen LogP contribution in [0.3, 0.4) is 0 Å². The molecule has 0 aromatic rings. The molecule has 56 valence electrons. The molecule has 10 heavy (non-hydrogen) atoms. The van der Waals surface area contributed by atoms with Crippen molar-refractivity contribution >= 4 is 11.6 Å². The largest absolute Gasteiger partial charge is 0.295 e. The van der Waals surface area contributed by atoms with Gasteiger partial charge in [-0.05, 0) is 25.5 Å². The number of carbonyl (C=O) groups excluding carboxylic acids is 2. The van der Waals surface area contributed by atoms with E-state index in [0.29, 0.717) is 12.0 Å². The van der Waals surface area contributed by atoms with E-state index in [4.69, 9.17) is 0 Å². The Hall–Kier alpha value is -0.920. The van der Waals surface area contributed by atoms with Crippen LogP contribution in [0.5, 0.6) is 0 Å². The second kappa shape index (κ2) is 3.99. The zero-order valence-corrected chi connectivity index (χ0v) is 6.60. The molecule has 0 spiro atoms. The summed E-state index contributed by atoms with van der Waals surface area (Å²) in [7, 11) is 0. The SMILES string of the molecule is CCC(=O)C=C(C)C(C)=O. The van der Waals surface area contributed by atoms with Crippen molar-refractivity contribution in [2.24, 2.45) is 0 Å². The third-order valence-electron chi connectivity index (χ3n) is 1.28. The maximum atomic E-state index is 10.7. The van der Waals surface area contributed by atoms with Crippen LogP contribution in [0.2, 0.25) is 0 Å². The van der Waals surface area contributed by atoms with Crippen molar-refractivity contribution in [1.82, 2.24) is 0 Å². The van der Waals surface area contributed by atoms with Crippen molar-refractivity contribution in [3.8, 4) is 0 Å². The van der Waals surface area contributed by atoms with Gasteiger partial charge in [-0.3, -0.25) is 9.59 Å². The fraction of sp³-hybridized carbons (Fsp3) is 0.500. The monoisotopic (exact) mass is 140 g/mol.